The SMILES string of the molecule is COC(=O)[C@H](CCc1ccccc1)NC(=O)c1cccc2ccccc12. The summed E-state index contributed by atoms with van der Waals surface area (Å²) in [5.41, 5.74) is 1.66. The molecule has 132 valence electrons. The summed E-state index contributed by atoms with van der Waals surface area (Å²) in [5.74, 6) is -0.709. The summed E-state index contributed by atoms with van der Waals surface area (Å²) in [6, 6.07) is 22.4. The van der Waals surface area contributed by atoms with Crippen molar-refractivity contribution in [3.63, 3.8) is 0 Å². The van der Waals surface area contributed by atoms with Gasteiger partial charge in [0.2, 0.25) is 0 Å². The molecule has 26 heavy (non-hydrogen) atoms. The molecule has 0 aromatic heterocycles. The molecule has 4 heteroatoms. The van der Waals surface area contributed by atoms with Gasteiger partial charge in [0, 0.05) is 5.56 Å². The van der Waals surface area contributed by atoms with Crippen LogP contribution in [-0.2, 0) is 16.0 Å². The van der Waals surface area contributed by atoms with Crippen molar-refractivity contribution in [3.05, 3.63) is 83.9 Å². The quantitative estimate of drug-likeness (QED) is 0.691. The van der Waals surface area contributed by atoms with Crippen LogP contribution in [0.5, 0.6) is 0 Å². The van der Waals surface area contributed by atoms with E-state index < -0.39 is 12.0 Å². The average Bonchev–Trinajstić information content (AvgIpc) is 2.70. The van der Waals surface area contributed by atoms with Gasteiger partial charge in [-0.15, -0.1) is 0 Å². The zero-order valence-corrected chi connectivity index (χ0v) is 14.6. The number of methoxy groups -OCH3 is 1. The highest BCUT2D eigenvalue weighted by Gasteiger charge is 2.22. The fourth-order valence-corrected chi connectivity index (χ4v) is 3.01. The molecule has 3 rings (SSSR count). The Morgan fingerprint density at radius 3 is 2.38 bits per heavy atom. The van der Waals surface area contributed by atoms with Crippen molar-refractivity contribution in [1.29, 1.82) is 0 Å². The van der Waals surface area contributed by atoms with E-state index in [1.54, 1.807) is 6.07 Å². The average molecular weight is 347 g/mol. The topological polar surface area (TPSA) is 55.4 Å². The number of carbonyl (C=O) groups is 2. The van der Waals surface area contributed by atoms with Crippen molar-refractivity contribution in [2.24, 2.45) is 0 Å². The summed E-state index contributed by atoms with van der Waals surface area (Å²) in [6.07, 6.45) is 1.16. The third-order valence-electron chi connectivity index (χ3n) is 4.39. The molecular weight excluding hydrogens is 326 g/mol. The van der Waals surface area contributed by atoms with E-state index in [2.05, 4.69) is 5.32 Å². The van der Waals surface area contributed by atoms with E-state index in [1.165, 1.54) is 7.11 Å². The molecule has 0 radical (unpaired) electrons. The van der Waals surface area contributed by atoms with Crippen LogP contribution in [0, 0.1) is 0 Å². The maximum absolute atomic E-state index is 12.8. The second-order valence-electron chi connectivity index (χ2n) is 6.10. The van der Waals surface area contributed by atoms with Gasteiger partial charge in [0.05, 0.1) is 7.11 Å². The molecule has 1 amide bonds. The number of benzene rings is 3. The number of hydrogen-bond acceptors (Lipinski definition) is 3. The first-order valence-corrected chi connectivity index (χ1v) is 8.59. The molecule has 0 aliphatic heterocycles. The first kappa shape index (κ1) is 17.7. The maximum atomic E-state index is 12.8. The second kappa shape index (κ2) is 8.30. The van der Waals surface area contributed by atoms with Crippen LogP contribution in [-0.4, -0.2) is 25.0 Å². The molecule has 0 bridgehead atoms. The van der Waals surface area contributed by atoms with Gasteiger partial charge in [-0.1, -0.05) is 66.7 Å². The van der Waals surface area contributed by atoms with Gasteiger partial charge in [-0.25, -0.2) is 4.79 Å². The van der Waals surface area contributed by atoms with Crippen LogP contribution in [0.1, 0.15) is 22.3 Å². The van der Waals surface area contributed by atoms with E-state index >= 15 is 0 Å². The number of carbonyl (C=O) groups excluding carboxylic acids is 2. The van der Waals surface area contributed by atoms with Crippen LogP contribution in [0.3, 0.4) is 0 Å². The van der Waals surface area contributed by atoms with Crippen molar-refractivity contribution in [3.8, 4) is 0 Å². The van der Waals surface area contributed by atoms with Gasteiger partial charge in [-0.3, -0.25) is 4.79 Å². The Hall–Kier alpha value is -3.14. The summed E-state index contributed by atoms with van der Waals surface area (Å²) < 4.78 is 4.87. The van der Waals surface area contributed by atoms with Gasteiger partial charge < -0.3 is 10.1 Å². The lowest BCUT2D eigenvalue weighted by molar-refractivity contribution is -0.143. The fraction of sp³-hybridized carbons (Fsp3) is 0.182. The molecule has 0 saturated carbocycles. The first-order chi connectivity index (χ1) is 12.7. The zero-order valence-electron chi connectivity index (χ0n) is 14.6. The van der Waals surface area contributed by atoms with Gasteiger partial charge in [-0.2, -0.15) is 0 Å². The lowest BCUT2D eigenvalue weighted by atomic mass is 10.0. The Balaban J connectivity index is 1.77. The number of esters is 1. The molecule has 0 saturated heterocycles. The molecule has 3 aromatic carbocycles. The van der Waals surface area contributed by atoms with E-state index in [1.807, 2.05) is 66.7 Å². The highest BCUT2D eigenvalue weighted by molar-refractivity contribution is 6.07. The number of aryl methyl sites for hydroxylation is 1. The third-order valence-corrected chi connectivity index (χ3v) is 4.39. The molecule has 4 nitrogen and oxygen atoms in total. The Morgan fingerprint density at radius 1 is 0.923 bits per heavy atom. The van der Waals surface area contributed by atoms with Crippen molar-refractivity contribution in [2.75, 3.05) is 7.11 Å². The summed E-state index contributed by atoms with van der Waals surface area (Å²) in [7, 11) is 1.34. The molecule has 1 N–H and O–H groups in total. The number of rotatable bonds is 6. The minimum Gasteiger partial charge on any atom is -0.467 e. The molecule has 0 spiro atoms. The molecular formula is C22H21NO3. The standard InChI is InChI=1S/C22H21NO3/c1-26-22(25)20(15-14-16-8-3-2-4-9-16)23-21(24)19-13-7-11-17-10-5-6-12-18(17)19/h2-13,20H,14-15H2,1H3,(H,23,24)/t20-/m0/s1. The van der Waals surface area contributed by atoms with Crippen LogP contribution in [0.4, 0.5) is 0 Å². The summed E-state index contributed by atoms with van der Waals surface area (Å²) >= 11 is 0. The van der Waals surface area contributed by atoms with Crippen LogP contribution in [0.25, 0.3) is 10.8 Å². The van der Waals surface area contributed by atoms with E-state index in [9.17, 15) is 9.59 Å². The van der Waals surface area contributed by atoms with Crippen molar-refractivity contribution < 1.29 is 14.3 Å². The van der Waals surface area contributed by atoms with Gasteiger partial charge in [0.25, 0.3) is 5.91 Å². The monoisotopic (exact) mass is 347 g/mol. The van der Waals surface area contributed by atoms with Gasteiger partial charge in [-0.05, 0) is 35.2 Å². The summed E-state index contributed by atoms with van der Waals surface area (Å²) in [5, 5.41) is 4.68. The highest BCUT2D eigenvalue weighted by Crippen LogP contribution is 2.19. The zero-order chi connectivity index (χ0) is 18.4. The minimum absolute atomic E-state index is 0.273. The Labute approximate surface area is 152 Å². The van der Waals surface area contributed by atoms with Crippen LogP contribution in [0.2, 0.25) is 0 Å². The Morgan fingerprint density at radius 2 is 1.62 bits per heavy atom. The van der Waals surface area contributed by atoms with E-state index in [-0.39, 0.29) is 5.91 Å². The van der Waals surface area contributed by atoms with Crippen molar-refractivity contribution >= 4 is 22.6 Å². The Kier molecular flexibility index (Phi) is 5.64. The summed E-state index contributed by atoms with van der Waals surface area (Å²) in [4.78, 5) is 24.9. The number of nitrogens with one attached hydrogen (secondary N) is 1. The third kappa shape index (κ3) is 4.09. The van der Waals surface area contributed by atoms with E-state index in [4.69, 9.17) is 4.74 Å². The fourth-order valence-electron chi connectivity index (χ4n) is 3.01. The van der Waals surface area contributed by atoms with E-state index in [0.717, 1.165) is 16.3 Å². The van der Waals surface area contributed by atoms with Crippen LogP contribution in [0.15, 0.2) is 72.8 Å². The van der Waals surface area contributed by atoms with Gasteiger partial charge >= 0.3 is 5.97 Å². The van der Waals surface area contributed by atoms with Gasteiger partial charge in [0.1, 0.15) is 6.04 Å². The maximum Gasteiger partial charge on any atom is 0.328 e. The molecule has 0 aliphatic rings. The lowest BCUT2D eigenvalue weighted by Crippen LogP contribution is -2.41. The molecule has 0 unspecified atom stereocenters. The number of amides is 1. The molecule has 1 atom stereocenters. The normalized spacial score (nSPS) is 11.7. The molecule has 0 aliphatic carbocycles. The van der Waals surface area contributed by atoms with Crippen molar-refractivity contribution in [1.82, 2.24) is 5.32 Å². The summed E-state index contributed by atoms with van der Waals surface area (Å²) in [6.45, 7) is 0. The predicted octanol–water partition coefficient (Wildman–Crippen LogP) is 3.74. The molecule has 3 aromatic rings. The lowest BCUT2D eigenvalue weighted by Gasteiger charge is -2.17. The Bertz CT molecular complexity index is 900. The smallest absolute Gasteiger partial charge is 0.328 e. The van der Waals surface area contributed by atoms with E-state index in [0.29, 0.717) is 18.4 Å². The number of ether oxygens (including phenoxy) is 1. The predicted molar refractivity (Wildman–Crippen MR) is 102 cm³/mol. The van der Waals surface area contributed by atoms with Crippen LogP contribution < -0.4 is 5.32 Å². The molecule has 0 heterocycles. The van der Waals surface area contributed by atoms with Crippen molar-refractivity contribution in [2.45, 2.75) is 18.9 Å². The number of fused-ring (bicyclic) bond motifs is 1. The molecule has 0 fully saturated rings. The second-order valence-corrected chi connectivity index (χ2v) is 6.10. The largest absolute Gasteiger partial charge is 0.467 e. The minimum atomic E-state index is -0.688. The van der Waals surface area contributed by atoms with Gasteiger partial charge in [0.15, 0.2) is 0 Å². The number of hydrogen-bond donors (Lipinski definition) is 1. The highest BCUT2D eigenvalue weighted by atomic mass is 16.5. The first-order valence-electron chi connectivity index (χ1n) is 8.59. The van der Waals surface area contributed by atoms with Crippen LogP contribution >= 0.6 is 0 Å².